The number of hydrogen-bond donors (Lipinski definition) is 2. The highest BCUT2D eigenvalue weighted by Gasteiger charge is 2.21. The number of quaternary nitrogens is 1. The van der Waals surface area contributed by atoms with Crippen molar-refractivity contribution in [3.05, 3.63) is 65.7 Å². The van der Waals surface area contributed by atoms with Gasteiger partial charge in [0.2, 0.25) is 0 Å². The minimum Gasteiger partial charge on any atom is -0.330 e. The molecule has 0 bridgehead atoms. The van der Waals surface area contributed by atoms with Gasteiger partial charge in [0, 0.05) is 11.6 Å². The Balaban J connectivity index is 1.99. The second kappa shape index (κ2) is 7.13. The van der Waals surface area contributed by atoms with E-state index in [9.17, 15) is 13.6 Å². The molecule has 2 aromatic rings. The van der Waals surface area contributed by atoms with Gasteiger partial charge in [-0.25, -0.2) is 8.78 Å². The number of hydrogen-bond acceptors (Lipinski definition) is 1. The van der Waals surface area contributed by atoms with E-state index in [0.29, 0.717) is 0 Å². The summed E-state index contributed by atoms with van der Waals surface area (Å²) < 4.78 is 26.6. The highest BCUT2D eigenvalue weighted by Crippen LogP contribution is 2.15. The number of rotatable bonds is 5. The van der Waals surface area contributed by atoms with Gasteiger partial charge in [-0.2, -0.15) is 0 Å². The minimum absolute atomic E-state index is 0.0827. The van der Waals surface area contributed by atoms with E-state index in [-0.39, 0.29) is 17.6 Å². The van der Waals surface area contributed by atoms with Crippen LogP contribution in [0.3, 0.4) is 0 Å². The van der Waals surface area contributed by atoms with Gasteiger partial charge in [0.15, 0.2) is 6.04 Å². The molecule has 0 saturated carbocycles. The third-order valence-electron chi connectivity index (χ3n) is 3.50. The van der Waals surface area contributed by atoms with Crippen molar-refractivity contribution in [3.63, 3.8) is 0 Å². The van der Waals surface area contributed by atoms with Crippen molar-refractivity contribution in [1.82, 2.24) is 0 Å². The quantitative estimate of drug-likeness (QED) is 0.876. The maximum absolute atomic E-state index is 13.5. The summed E-state index contributed by atoms with van der Waals surface area (Å²) in [5, 5.41) is 4.30. The van der Waals surface area contributed by atoms with E-state index in [2.05, 4.69) is 5.32 Å². The largest absolute Gasteiger partial charge is 0.330 e. The fraction of sp³-hybridized carbons (Fsp3) is 0.235. The second-order valence-electron chi connectivity index (χ2n) is 5.29. The molecule has 0 spiro atoms. The molecule has 3 N–H and O–H groups in total. The molecule has 0 heterocycles. The van der Waals surface area contributed by atoms with Gasteiger partial charge >= 0.3 is 0 Å². The Hall–Kier alpha value is -2.27. The second-order valence-corrected chi connectivity index (χ2v) is 5.29. The van der Waals surface area contributed by atoms with Crippen molar-refractivity contribution in [2.45, 2.75) is 25.9 Å². The standard InChI is InChI=1S/C17H18F2N2O/c1-11(13-6-4-3-5-7-13)20-12(2)17(22)21-16-10-14(18)8-9-15(16)19/h3-12,20H,1-2H3,(H,21,22)/p+1/t11-,12+/m0/s1. The van der Waals surface area contributed by atoms with E-state index < -0.39 is 17.7 Å². The lowest BCUT2D eigenvalue weighted by molar-refractivity contribution is -0.709. The Labute approximate surface area is 128 Å². The summed E-state index contributed by atoms with van der Waals surface area (Å²) in [6, 6.07) is 12.4. The van der Waals surface area contributed by atoms with Crippen molar-refractivity contribution in [1.29, 1.82) is 0 Å². The zero-order valence-corrected chi connectivity index (χ0v) is 12.5. The van der Waals surface area contributed by atoms with Crippen LogP contribution in [0.5, 0.6) is 0 Å². The van der Waals surface area contributed by atoms with Crippen LogP contribution >= 0.6 is 0 Å². The Bertz CT molecular complexity index is 646. The molecule has 3 nitrogen and oxygen atoms in total. The van der Waals surface area contributed by atoms with Crippen LogP contribution in [-0.2, 0) is 4.79 Å². The van der Waals surface area contributed by atoms with Crippen LogP contribution in [0.2, 0.25) is 0 Å². The first-order valence-corrected chi connectivity index (χ1v) is 7.13. The maximum Gasteiger partial charge on any atom is 0.282 e. The van der Waals surface area contributed by atoms with E-state index in [1.807, 2.05) is 42.6 Å². The summed E-state index contributed by atoms with van der Waals surface area (Å²) >= 11 is 0. The molecule has 0 aliphatic heterocycles. The molecule has 0 saturated heterocycles. The van der Waals surface area contributed by atoms with Gasteiger partial charge in [0.25, 0.3) is 5.91 Å². The molecule has 2 atom stereocenters. The highest BCUT2D eigenvalue weighted by atomic mass is 19.1. The van der Waals surface area contributed by atoms with Crippen molar-refractivity contribution in [2.24, 2.45) is 0 Å². The molecule has 2 rings (SSSR count). The number of anilines is 1. The van der Waals surface area contributed by atoms with Crippen LogP contribution < -0.4 is 10.6 Å². The van der Waals surface area contributed by atoms with Crippen LogP contribution in [-0.4, -0.2) is 11.9 Å². The zero-order valence-electron chi connectivity index (χ0n) is 12.5. The van der Waals surface area contributed by atoms with Crippen molar-refractivity contribution in [3.8, 4) is 0 Å². The van der Waals surface area contributed by atoms with Crippen LogP contribution in [0, 0.1) is 11.6 Å². The van der Waals surface area contributed by atoms with Crippen LogP contribution in [0.4, 0.5) is 14.5 Å². The van der Waals surface area contributed by atoms with Gasteiger partial charge in [0.1, 0.15) is 17.7 Å². The van der Waals surface area contributed by atoms with Gasteiger partial charge in [-0.1, -0.05) is 30.3 Å². The third-order valence-corrected chi connectivity index (χ3v) is 3.50. The monoisotopic (exact) mass is 305 g/mol. The summed E-state index contributed by atoms with van der Waals surface area (Å²) in [7, 11) is 0. The third kappa shape index (κ3) is 4.11. The normalized spacial score (nSPS) is 13.5. The molecule has 0 radical (unpaired) electrons. The smallest absolute Gasteiger partial charge is 0.282 e. The van der Waals surface area contributed by atoms with E-state index in [1.54, 1.807) is 6.92 Å². The lowest BCUT2D eigenvalue weighted by Gasteiger charge is -2.17. The molecule has 0 unspecified atom stereocenters. The molecule has 5 heteroatoms. The molecule has 0 aromatic heterocycles. The molecule has 0 aliphatic rings. The van der Waals surface area contributed by atoms with E-state index in [4.69, 9.17) is 0 Å². The first-order valence-electron chi connectivity index (χ1n) is 7.13. The van der Waals surface area contributed by atoms with Crippen molar-refractivity contribution >= 4 is 11.6 Å². The molecule has 0 fully saturated rings. The number of amides is 1. The molecule has 116 valence electrons. The van der Waals surface area contributed by atoms with Gasteiger partial charge in [0.05, 0.1) is 5.69 Å². The SMILES string of the molecule is C[C@H]([NH2+][C@H](C)C(=O)Nc1cc(F)ccc1F)c1ccccc1. The molecule has 2 aromatic carbocycles. The zero-order chi connectivity index (χ0) is 16.1. The average molecular weight is 305 g/mol. The summed E-state index contributed by atoms with van der Waals surface area (Å²) in [5.74, 6) is -1.61. The maximum atomic E-state index is 13.5. The number of benzene rings is 2. The highest BCUT2D eigenvalue weighted by molar-refractivity contribution is 5.93. The van der Waals surface area contributed by atoms with Gasteiger partial charge in [-0.15, -0.1) is 0 Å². The Morgan fingerprint density at radius 2 is 1.77 bits per heavy atom. The molecule has 0 aliphatic carbocycles. The lowest BCUT2D eigenvalue weighted by Crippen LogP contribution is -2.91. The van der Waals surface area contributed by atoms with E-state index in [0.717, 1.165) is 23.8 Å². The summed E-state index contributed by atoms with van der Waals surface area (Å²) in [6.45, 7) is 3.72. The summed E-state index contributed by atoms with van der Waals surface area (Å²) in [4.78, 5) is 12.1. The van der Waals surface area contributed by atoms with Crippen molar-refractivity contribution in [2.75, 3.05) is 5.32 Å². The van der Waals surface area contributed by atoms with Gasteiger partial charge in [-0.3, -0.25) is 4.79 Å². The fourth-order valence-corrected chi connectivity index (χ4v) is 2.23. The number of halogens is 2. The molecule has 22 heavy (non-hydrogen) atoms. The topological polar surface area (TPSA) is 45.7 Å². The molecule has 1 amide bonds. The Kier molecular flexibility index (Phi) is 5.22. The predicted molar refractivity (Wildman–Crippen MR) is 81.2 cm³/mol. The fourth-order valence-electron chi connectivity index (χ4n) is 2.23. The van der Waals surface area contributed by atoms with Crippen molar-refractivity contribution < 1.29 is 18.9 Å². The number of nitrogens with one attached hydrogen (secondary N) is 1. The lowest BCUT2D eigenvalue weighted by atomic mass is 10.1. The van der Waals surface area contributed by atoms with E-state index in [1.165, 1.54) is 0 Å². The van der Waals surface area contributed by atoms with Gasteiger partial charge < -0.3 is 10.6 Å². The van der Waals surface area contributed by atoms with Crippen LogP contribution in [0.25, 0.3) is 0 Å². The number of carbonyl (C=O) groups excluding carboxylic acids is 1. The van der Waals surface area contributed by atoms with Gasteiger partial charge in [-0.05, 0) is 26.0 Å². The van der Waals surface area contributed by atoms with E-state index >= 15 is 0 Å². The van der Waals surface area contributed by atoms with Crippen LogP contribution in [0.1, 0.15) is 25.5 Å². The Morgan fingerprint density at radius 1 is 1.09 bits per heavy atom. The number of nitrogens with two attached hydrogens (primary N) is 1. The summed E-state index contributed by atoms with van der Waals surface area (Å²) in [5.41, 5.74) is 0.955. The summed E-state index contributed by atoms with van der Waals surface area (Å²) in [6.07, 6.45) is 0. The first-order chi connectivity index (χ1) is 10.5. The Morgan fingerprint density at radius 3 is 2.45 bits per heavy atom. The molecular weight excluding hydrogens is 286 g/mol. The first kappa shape index (κ1) is 16.1. The molecular formula is C17H19F2N2O+. The minimum atomic E-state index is -0.655. The number of carbonyl (C=O) groups is 1. The van der Waals surface area contributed by atoms with Crippen LogP contribution in [0.15, 0.2) is 48.5 Å². The predicted octanol–water partition coefficient (Wildman–Crippen LogP) is 2.62. The average Bonchev–Trinajstić information content (AvgIpc) is 2.51.